The minimum Gasteiger partial charge on any atom is -0.412 e. The first-order valence-corrected chi connectivity index (χ1v) is 9.48. The zero-order chi connectivity index (χ0) is 17.9. The van der Waals surface area contributed by atoms with E-state index in [2.05, 4.69) is 71.7 Å². The second kappa shape index (κ2) is 25.9. The third kappa shape index (κ3) is 23.3. The molecule has 0 saturated carbocycles. The summed E-state index contributed by atoms with van der Waals surface area (Å²) in [4.78, 5) is 14.4. The second-order valence-electron chi connectivity index (χ2n) is 7.82. The summed E-state index contributed by atoms with van der Waals surface area (Å²) in [6.45, 7) is 14.4. The van der Waals surface area contributed by atoms with Crippen LogP contribution in [-0.4, -0.2) is 167 Å². The Morgan fingerprint density at radius 2 is 0.367 bits per heavy atom. The van der Waals surface area contributed by atoms with Crippen LogP contribution < -0.4 is 0 Å². The molecule has 0 atom stereocenters. The van der Waals surface area contributed by atoms with Crippen molar-refractivity contribution in [1.82, 2.24) is 29.4 Å². The first kappa shape index (κ1) is 44.4. The fraction of sp³-hybridized carbons (Fsp3) is 1.00. The van der Waals surface area contributed by atoms with Crippen LogP contribution in [0.25, 0.3) is 0 Å². The second-order valence-corrected chi connectivity index (χ2v) is 7.82. The van der Waals surface area contributed by atoms with Gasteiger partial charge in [-0.1, -0.05) is 7.43 Å². The fourth-order valence-corrected chi connectivity index (χ4v) is 2.72. The summed E-state index contributed by atoms with van der Waals surface area (Å²) in [6, 6.07) is 0. The van der Waals surface area contributed by atoms with E-state index in [1.807, 2.05) is 0 Å². The number of nitrogens with zero attached hydrogens (tertiary/aromatic N) is 6. The molecule has 0 spiro atoms. The molecule has 2 fully saturated rings. The Balaban J connectivity index is -0.0000000800. The van der Waals surface area contributed by atoms with Gasteiger partial charge in [0.25, 0.3) is 0 Å². The molecule has 2 aliphatic heterocycles. The first-order chi connectivity index (χ1) is 11.4. The average Bonchev–Trinajstić information content (AvgIpc) is 2.68. The van der Waals surface area contributed by atoms with Crippen molar-refractivity contribution in [2.75, 3.05) is 121 Å². The van der Waals surface area contributed by atoms with Gasteiger partial charge < -0.3 is 45.8 Å². The van der Waals surface area contributed by atoms with E-state index in [4.69, 9.17) is 0 Å². The van der Waals surface area contributed by atoms with Gasteiger partial charge in [0, 0.05) is 78.5 Å². The SMILES string of the molecule is C.CN1CCN(C)CCN(C)CC1.CN1CCN(C)CCN(C)CC1.O.O.O.[Mn+3].[Mn+3]. The Kier molecular flexibility index (Phi) is 38.4. The van der Waals surface area contributed by atoms with E-state index in [0.29, 0.717) is 0 Å². The van der Waals surface area contributed by atoms with Crippen LogP contribution in [0.1, 0.15) is 7.43 Å². The third-order valence-electron chi connectivity index (χ3n) is 5.18. The molecule has 0 radical (unpaired) electrons. The van der Waals surface area contributed by atoms with Crippen LogP contribution in [-0.2, 0) is 34.1 Å². The van der Waals surface area contributed by atoms with E-state index in [-0.39, 0.29) is 58.0 Å². The first-order valence-electron chi connectivity index (χ1n) is 9.48. The van der Waals surface area contributed by atoms with Gasteiger partial charge in [-0.05, 0) is 42.3 Å². The van der Waals surface area contributed by atoms with Gasteiger partial charge in [0.15, 0.2) is 0 Å². The summed E-state index contributed by atoms with van der Waals surface area (Å²) in [6.07, 6.45) is 0. The fourth-order valence-electron chi connectivity index (χ4n) is 2.72. The van der Waals surface area contributed by atoms with Gasteiger partial charge in [-0.2, -0.15) is 0 Å². The number of likely N-dealkylation sites (N-methyl/N-ethyl adjacent to an activating group) is 6. The summed E-state index contributed by atoms with van der Waals surface area (Å²) < 4.78 is 0. The van der Waals surface area contributed by atoms with Gasteiger partial charge in [-0.25, -0.2) is 0 Å². The van der Waals surface area contributed by atoms with Crippen molar-refractivity contribution in [3.63, 3.8) is 0 Å². The van der Waals surface area contributed by atoms with Crippen LogP contribution in [0.2, 0.25) is 0 Å². The average molecular weight is 523 g/mol. The zero-order valence-electron chi connectivity index (χ0n) is 19.4. The van der Waals surface area contributed by atoms with Crippen molar-refractivity contribution in [2.45, 2.75) is 7.43 Å². The summed E-state index contributed by atoms with van der Waals surface area (Å²) in [7, 11) is 13.2. The Bertz CT molecular complexity index is 237. The Morgan fingerprint density at radius 3 is 0.433 bits per heavy atom. The van der Waals surface area contributed by atoms with Crippen molar-refractivity contribution in [3.05, 3.63) is 0 Å². The molecule has 2 aliphatic rings. The Morgan fingerprint density at radius 1 is 0.300 bits per heavy atom. The molecular formula is C19H52Mn2N6O3+6. The van der Waals surface area contributed by atoms with E-state index in [0.717, 1.165) is 0 Å². The van der Waals surface area contributed by atoms with Gasteiger partial charge in [-0.3, -0.25) is 0 Å². The standard InChI is InChI=1S/2C9H21N3.CH4.2Mn.3H2O/c2*1-10-4-6-11(2)8-9-12(3)7-5-10;;;;;;/h2*4-9H2,1-3H3;1H4;;;3*1H2/q;;;2*+3;;;. The van der Waals surface area contributed by atoms with Crippen molar-refractivity contribution in [1.29, 1.82) is 0 Å². The minimum absolute atomic E-state index is 0. The normalized spacial score (nSPS) is 21.0. The molecular weight excluding hydrogens is 470 g/mol. The van der Waals surface area contributed by atoms with Crippen molar-refractivity contribution < 1.29 is 50.6 Å². The van der Waals surface area contributed by atoms with E-state index >= 15 is 0 Å². The van der Waals surface area contributed by atoms with Crippen molar-refractivity contribution >= 4 is 0 Å². The molecule has 184 valence electrons. The van der Waals surface area contributed by atoms with Crippen LogP contribution in [0.3, 0.4) is 0 Å². The van der Waals surface area contributed by atoms with Crippen LogP contribution in [0.4, 0.5) is 0 Å². The molecule has 11 heteroatoms. The number of rotatable bonds is 0. The van der Waals surface area contributed by atoms with Gasteiger partial charge in [-0.15, -0.1) is 0 Å². The minimum atomic E-state index is 0. The van der Waals surface area contributed by atoms with E-state index < -0.39 is 0 Å². The molecule has 2 heterocycles. The molecule has 0 aromatic carbocycles. The molecule has 0 aromatic heterocycles. The zero-order valence-corrected chi connectivity index (χ0v) is 21.8. The maximum absolute atomic E-state index is 2.40. The molecule has 0 unspecified atom stereocenters. The summed E-state index contributed by atoms with van der Waals surface area (Å²) in [5, 5.41) is 0. The predicted octanol–water partition coefficient (Wildman–Crippen LogP) is -2.25. The molecule has 2 rings (SSSR count). The van der Waals surface area contributed by atoms with E-state index in [1.165, 1.54) is 78.5 Å². The maximum Gasteiger partial charge on any atom is 3.00 e. The molecule has 2 saturated heterocycles. The van der Waals surface area contributed by atoms with Gasteiger partial charge in [0.1, 0.15) is 0 Å². The van der Waals surface area contributed by atoms with Crippen molar-refractivity contribution in [3.8, 4) is 0 Å². The predicted molar refractivity (Wildman–Crippen MR) is 123 cm³/mol. The molecule has 0 aliphatic carbocycles. The quantitative estimate of drug-likeness (QED) is 0.332. The molecule has 9 nitrogen and oxygen atoms in total. The van der Waals surface area contributed by atoms with Crippen LogP contribution in [0.15, 0.2) is 0 Å². The molecule has 6 N–H and O–H groups in total. The van der Waals surface area contributed by atoms with Crippen LogP contribution in [0.5, 0.6) is 0 Å². The van der Waals surface area contributed by atoms with E-state index in [1.54, 1.807) is 0 Å². The van der Waals surface area contributed by atoms with Crippen molar-refractivity contribution in [2.24, 2.45) is 0 Å². The van der Waals surface area contributed by atoms with Gasteiger partial charge in [0.05, 0.1) is 0 Å². The number of hydrogen-bond donors (Lipinski definition) is 0. The molecule has 30 heavy (non-hydrogen) atoms. The third-order valence-corrected chi connectivity index (χ3v) is 5.18. The smallest absolute Gasteiger partial charge is 0.412 e. The van der Waals surface area contributed by atoms with Gasteiger partial charge >= 0.3 is 34.1 Å². The summed E-state index contributed by atoms with van der Waals surface area (Å²) in [5.41, 5.74) is 0. The Hall–Kier alpha value is 0.679. The maximum atomic E-state index is 2.40. The molecule has 0 aromatic rings. The summed E-state index contributed by atoms with van der Waals surface area (Å²) >= 11 is 0. The van der Waals surface area contributed by atoms with Crippen LogP contribution in [0, 0.1) is 0 Å². The van der Waals surface area contributed by atoms with Gasteiger partial charge in [0.2, 0.25) is 0 Å². The monoisotopic (exact) mass is 522 g/mol. The summed E-state index contributed by atoms with van der Waals surface area (Å²) in [5.74, 6) is 0. The molecule has 0 amide bonds. The molecule has 0 bridgehead atoms. The Labute approximate surface area is 208 Å². The topological polar surface area (TPSA) is 114 Å². The van der Waals surface area contributed by atoms with E-state index in [9.17, 15) is 0 Å². The largest absolute Gasteiger partial charge is 3.00 e. The number of hydrogen-bond acceptors (Lipinski definition) is 6. The van der Waals surface area contributed by atoms with Crippen LogP contribution >= 0.6 is 0 Å².